The highest BCUT2D eigenvalue weighted by atomic mass is 35.5. The Labute approximate surface area is 145 Å². The van der Waals surface area contributed by atoms with Crippen molar-refractivity contribution in [2.75, 3.05) is 0 Å². The maximum atomic E-state index is 13.3. The van der Waals surface area contributed by atoms with Crippen molar-refractivity contribution in [2.45, 2.75) is 24.7 Å². The van der Waals surface area contributed by atoms with E-state index in [4.69, 9.17) is 16.1 Å². The summed E-state index contributed by atoms with van der Waals surface area (Å²) < 4.78 is 46.0. The number of nitrogens with zero attached hydrogens (tertiary/aromatic N) is 4. The summed E-state index contributed by atoms with van der Waals surface area (Å²) in [6, 6.07) is 4.13. The molecule has 0 saturated heterocycles. The van der Waals surface area contributed by atoms with Gasteiger partial charge in [-0.3, -0.25) is 4.68 Å². The minimum atomic E-state index is -2.71. The summed E-state index contributed by atoms with van der Waals surface area (Å²) in [5, 5.41) is 8.20. The van der Waals surface area contributed by atoms with Crippen molar-refractivity contribution in [2.24, 2.45) is 7.05 Å². The van der Waals surface area contributed by atoms with Crippen LogP contribution in [0, 0.1) is 5.82 Å². The van der Waals surface area contributed by atoms with E-state index in [9.17, 15) is 13.2 Å². The third-order valence-electron chi connectivity index (χ3n) is 4.35. The second-order valence-electron chi connectivity index (χ2n) is 6.04. The minimum absolute atomic E-state index is 0.0442. The van der Waals surface area contributed by atoms with E-state index in [1.165, 1.54) is 30.1 Å². The third-order valence-corrected chi connectivity index (χ3v) is 4.66. The van der Waals surface area contributed by atoms with Gasteiger partial charge in [-0.1, -0.05) is 22.8 Å². The van der Waals surface area contributed by atoms with Crippen molar-refractivity contribution >= 4 is 11.6 Å². The lowest BCUT2D eigenvalue weighted by Crippen LogP contribution is -2.11. The predicted molar refractivity (Wildman–Crippen MR) is 82.9 cm³/mol. The highest BCUT2D eigenvalue weighted by molar-refractivity contribution is 6.31. The molecule has 5 nitrogen and oxygen atoms in total. The summed E-state index contributed by atoms with van der Waals surface area (Å²) in [5.41, 5.74) is -0.204. The smallest absolute Gasteiger partial charge is 0.278 e. The Morgan fingerprint density at radius 2 is 2.08 bits per heavy atom. The minimum Gasteiger partial charge on any atom is -0.332 e. The Morgan fingerprint density at radius 3 is 2.72 bits per heavy atom. The zero-order valence-corrected chi connectivity index (χ0v) is 13.8. The lowest BCUT2D eigenvalue weighted by atomic mass is 9.95. The quantitative estimate of drug-likeness (QED) is 0.689. The van der Waals surface area contributed by atoms with Gasteiger partial charge in [0.15, 0.2) is 11.5 Å². The average molecular weight is 369 g/mol. The number of hydrogen-bond acceptors (Lipinski definition) is 4. The predicted octanol–water partition coefficient (Wildman–Crippen LogP) is 4.28. The van der Waals surface area contributed by atoms with Crippen LogP contribution in [0.25, 0.3) is 11.6 Å². The van der Waals surface area contributed by atoms with Crippen molar-refractivity contribution in [3.05, 3.63) is 52.2 Å². The van der Waals surface area contributed by atoms with E-state index in [0.717, 1.165) is 0 Å². The SMILES string of the molecule is Cn1cc(C(F)F)c(-c2nc(C3(c4ccc(F)cc4Cl)CC3)no2)n1. The largest absolute Gasteiger partial charge is 0.332 e. The average Bonchev–Trinajstić information content (AvgIpc) is 3.02. The number of halogens is 4. The first-order valence-corrected chi connectivity index (χ1v) is 7.90. The van der Waals surface area contributed by atoms with Crippen LogP contribution in [0.4, 0.5) is 13.2 Å². The number of aromatic nitrogens is 4. The van der Waals surface area contributed by atoms with Crippen molar-refractivity contribution in [3.8, 4) is 11.6 Å². The van der Waals surface area contributed by atoms with Gasteiger partial charge in [-0.2, -0.15) is 10.1 Å². The van der Waals surface area contributed by atoms with Gasteiger partial charge in [0.05, 0.1) is 11.0 Å². The van der Waals surface area contributed by atoms with E-state index < -0.39 is 17.7 Å². The standard InChI is InChI=1S/C16H12ClF3N4O/c1-24-7-9(13(19)20)12(22-24)14-21-15(23-25-14)16(4-5-16)10-3-2-8(18)6-11(10)17/h2-3,6-7,13H,4-5H2,1H3. The highest BCUT2D eigenvalue weighted by Gasteiger charge is 2.51. The summed E-state index contributed by atoms with van der Waals surface area (Å²) in [5.74, 6) is -0.175. The number of hydrogen-bond donors (Lipinski definition) is 0. The van der Waals surface area contributed by atoms with Crippen LogP contribution in [-0.4, -0.2) is 19.9 Å². The van der Waals surface area contributed by atoms with Gasteiger partial charge in [-0.15, -0.1) is 0 Å². The zero-order chi connectivity index (χ0) is 17.8. The maximum Gasteiger partial charge on any atom is 0.278 e. The fraction of sp³-hybridized carbons (Fsp3) is 0.312. The van der Waals surface area contributed by atoms with Crippen LogP contribution in [0.3, 0.4) is 0 Å². The number of aryl methyl sites for hydroxylation is 1. The molecule has 3 aromatic rings. The van der Waals surface area contributed by atoms with Crippen molar-refractivity contribution in [3.63, 3.8) is 0 Å². The molecule has 1 saturated carbocycles. The Balaban J connectivity index is 1.75. The van der Waals surface area contributed by atoms with E-state index in [0.29, 0.717) is 24.2 Å². The van der Waals surface area contributed by atoms with Crippen LogP contribution in [0.5, 0.6) is 0 Å². The molecule has 0 amide bonds. The number of alkyl halides is 2. The molecule has 2 heterocycles. The summed E-state index contributed by atoms with van der Waals surface area (Å²) in [4.78, 5) is 4.27. The lowest BCUT2D eigenvalue weighted by molar-refractivity contribution is 0.151. The molecule has 1 aliphatic rings. The molecule has 0 spiro atoms. The van der Waals surface area contributed by atoms with E-state index >= 15 is 0 Å². The molecule has 0 bridgehead atoms. The molecule has 0 aliphatic heterocycles. The molecule has 0 atom stereocenters. The van der Waals surface area contributed by atoms with Crippen LogP contribution < -0.4 is 0 Å². The molecule has 0 radical (unpaired) electrons. The van der Waals surface area contributed by atoms with Crippen LogP contribution in [0.2, 0.25) is 5.02 Å². The molecule has 0 N–H and O–H groups in total. The monoisotopic (exact) mass is 368 g/mol. The maximum absolute atomic E-state index is 13.3. The van der Waals surface area contributed by atoms with Gasteiger partial charge < -0.3 is 4.52 Å². The Morgan fingerprint density at radius 1 is 1.32 bits per heavy atom. The zero-order valence-electron chi connectivity index (χ0n) is 13.0. The first kappa shape index (κ1) is 16.1. The van der Waals surface area contributed by atoms with E-state index in [2.05, 4.69) is 15.2 Å². The van der Waals surface area contributed by atoms with Crippen LogP contribution in [0.15, 0.2) is 28.9 Å². The number of benzene rings is 1. The number of rotatable bonds is 4. The molecule has 1 aromatic carbocycles. The molecule has 130 valence electrons. The Bertz CT molecular complexity index is 949. The Hall–Kier alpha value is -2.35. The lowest BCUT2D eigenvalue weighted by Gasteiger charge is -2.12. The van der Waals surface area contributed by atoms with Gasteiger partial charge in [0.25, 0.3) is 12.3 Å². The van der Waals surface area contributed by atoms with Crippen molar-refractivity contribution in [1.82, 2.24) is 19.9 Å². The second kappa shape index (κ2) is 5.59. The molecule has 25 heavy (non-hydrogen) atoms. The fourth-order valence-electron chi connectivity index (χ4n) is 2.96. The van der Waals surface area contributed by atoms with E-state index in [-0.39, 0.29) is 22.2 Å². The molecule has 1 fully saturated rings. The van der Waals surface area contributed by atoms with Gasteiger partial charge in [-0.25, -0.2) is 13.2 Å². The van der Waals surface area contributed by atoms with E-state index in [1.54, 1.807) is 6.07 Å². The summed E-state index contributed by atoms with van der Waals surface area (Å²) in [6.45, 7) is 0. The summed E-state index contributed by atoms with van der Waals surface area (Å²) in [6.07, 6.45) is -0.0729. The van der Waals surface area contributed by atoms with E-state index in [1.807, 2.05) is 0 Å². The first-order valence-electron chi connectivity index (χ1n) is 7.52. The normalized spacial score (nSPS) is 15.8. The molecule has 9 heteroatoms. The molecule has 4 rings (SSSR count). The molecular weight excluding hydrogens is 357 g/mol. The summed E-state index contributed by atoms with van der Waals surface area (Å²) >= 11 is 6.16. The summed E-state index contributed by atoms with van der Waals surface area (Å²) in [7, 11) is 1.54. The van der Waals surface area contributed by atoms with Gasteiger partial charge in [0.1, 0.15) is 5.82 Å². The fourth-order valence-corrected chi connectivity index (χ4v) is 3.31. The van der Waals surface area contributed by atoms with Crippen molar-refractivity contribution < 1.29 is 17.7 Å². The van der Waals surface area contributed by atoms with Gasteiger partial charge in [0.2, 0.25) is 0 Å². The molecular formula is C16H12ClF3N4O. The highest BCUT2D eigenvalue weighted by Crippen LogP contribution is 2.54. The molecule has 2 aromatic heterocycles. The van der Waals surface area contributed by atoms with Gasteiger partial charge in [-0.05, 0) is 30.5 Å². The van der Waals surface area contributed by atoms with Crippen LogP contribution >= 0.6 is 11.6 Å². The van der Waals surface area contributed by atoms with Crippen LogP contribution in [-0.2, 0) is 12.5 Å². The second-order valence-corrected chi connectivity index (χ2v) is 6.44. The topological polar surface area (TPSA) is 56.7 Å². The Kier molecular flexibility index (Phi) is 3.61. The first-order chi connectivity index (χ1) is 11.9. The van der Waals surface area contributed by atoms with Crippen LogP contribution in [0.1, 0.15) is 36.2 Å². The molecule has 1 aliphatic carbocycles. The van der Waals surface area contributed by atoms with Crippen molar-refractivity contribution in [1.29, 1.82) is 0 Å². The third kappa shape index (κ3) is 2.60. The molecule has 0 unspecified atom stereocenters. The van der Waals surface area contributed by atoms with Gasteiger partial charge >= 0.3 is 0 Å². The van der Waals surface area contributed by atoms with Gasteiger partial charge in [0, 0.05) is 18.3 Å².